The van der Waals surface area contributed by atoms with Crippen LogP contribution in [0.15, 0.2) is 43.0 Å². The number of rotatable bonds is 5. The molecular formula is C22H19FN6O. The third kappa shape index (κ3) is 2.87. The molecule has 0 atom stereocenters. The van der Waals surface area contributed by atoms with E-state index in [1.54, 1.807) is 23.0 Å². The zero-order valence-electron chi connectivity index (χ0n) is 16.2. The summed E-state index contributed by atoms with van der Waals surface area (Å²) in [6, 6.07) is 7.27. The van der Waals surface area contributed by atoms with Crippen LogP contribution in [-0.2, 0) is 13.0 Å². The Morgan fingerprint density at radius 1 is 1.13 bits per heavy atom. The van der Waals surface area contributed by atoms with Gasteiger partial charge in [-0.2, -0.15) is 0 Å². The predicted octanol–water partition coefficient (Wildman–Crippen LogP) is 3.75. The van der Waals surface area contributed by atoms with Gasteiger partial charge in [0.05, 0.1) is 6.61 Å². The summed E-state index contributed by atoms with van der Waals surface area (Å²) < 4.78 is 21.8. The van der Waals surface area contributed by atoms with Gasteiger partial charge < -0.3 is 10.1 Å². The summed E-state index contributed by atoms with van der Waals surface area (Å²) >= 11 is 0. The highest BCUT2D eigenvalue weighted by molar-refractivity contribution is 5.77. The van der Waals surface area contributed by atoms with Crippen molar-refractivity contribution in [2.45, 2.75) is 31.7 Å². The molecule has 3 aromatic heterocycles. The van der Waals surface area contributed by atoms with Gasteiger partial charge in [0.1, 0.15) is 17.9 Å². The van der Waals surface area contributed by atoms with E-state index in [1.807, 2.05) is 6.20 Å². The molecule has 4 aromatic rings. The molecule has 6 rings (SSSR count). The van der Waals surface area contributed by atoms with Crippen LogP contribution in [0.25, 0.3) is 16.8 Å². The van der Waals surface area contributed by atoms with E-state index in [9.17, 15) is 4.39 Å². The topological polar surface area (TPSA) is 77.2 Å². The van der Waals surface area contributed by atoms with Gasteiger partial charge in [-0.15, -0.1) is 10.2 Å². The van der Waals surface area contributed by atoms with Crippen LogP contribution in [0.2, 0.25) is 0 Å². The lowest BCUT2D eigenvalue weighted by Gasteiger charge is -2.12. The van der Waals surface area contributed by atoms with Crippen LogP contribution in [0.1, 0.15) is 35.6 Å². The third-order valence-corrected chi connectivity index (χ3v) is 5.79. The average molecular weight is 402 g/mol. The molecule has 1 N–H and O–H groups in total. The predicted molar refractivity (Wildman–Crippen MR) is 109 cm³/mol. The Morgan fingerprint density at radius 3 is 2.90 bits per heavy atom. The van der Waals surface area contributed by atoms with Crippen molar-refractivity contribution in [3.63, 3.8) is 0 Å². The van der Waals surface area contributed by atoms with E-state index in [-0.39, 0.29) is 5.82 Å². The average Bonchev–Trinajstić information content (AvgIpc) is 3.30. The molecule has 0 spiro atoms. The number of pyridine rings is 1. The highest BCUT2D eigenvalue weighted by Crippen LogP contribution is 2.39. The molecule has 1 saturated carbocycles. The maximum absolute atomic E-state index is 14.4. The Morgan fingerprint density at radius 2 is 2.07 bits per heavy atom. The monoisotopic (exact) mass is 402 g/mol. The van der Waals surface area contributed by atoms with E-state index in [2.05, 4.69) is 37.6 Å². The summed E-state index contributed by atoms with van der Waals surface area (Å²) in [6.45, 7) is 0.887. The van der Waals surface area contributed by atoms with E-state index in [1.165, 1.54) is 18.9 Å². The second kappa shape index (κ2) is 6.76. The third-order valence-electron chi connectivity index (χ3n) is 5.79. The van der Waals surface area contributed by atoms with E-state index < -0.39 is 0 Å². The molecule has 0 radical (unpaired) electrons. The number of nitrogens with one attached hydrogen (secondary N) is 1. The molecule has 0 unspecified atom stereocenters. The lowest BCUT2D eigenvalue weighted by atomic mass is 10.0. The molecule has 8 heteroatoms. The van der Waals surface area contributed by atoms with Crippen LogP contribution in [0.5, 0.6) is 5.75 Å². The van der Waals surface area contributed by atoms with Crippen molar-refractivity contribution in [1.82, 2.24) is 24.6 Å². The number of nitrogens with zero attached hydrogens (tertiary/aromatic N) is 5. The van der Waals surface area contributed by atoms with Crippen molar-refractivity contribution < 1.29 is 9.13 Å². The Bertz CT molecular complexity index is 1250. The summed E-state index contributed by atoms with van der Waals surface area (Å²) in [5.74, 6) is 1.68. The molecule has 7 nitrogen and oxygen atoms in total. The SMILES string of the molecule is Fc1ccc2c(c1CNc1ncc(-c3ccc(C4CC4)nc3)c3nncn13)CCO2. The van der Waals surface area contributed by atoms with Gasteiger partial charge in [-0.3, -0.25) is 9.38 Å². The summed E-state index contributed by atoms with van der Waals surface area (Å²) in [5, 5.41) is 11.6. The smallest absolute Gasteiger partial charge is 0.210 e. The van der Waals surface area contributed by atoms with Crippen LogP contribution in [0.4, 0.5) is 10.3 Å². The molecule has 0 amide bonds. The molecule has 30 heavy (non-hydrogen) atoms. The number of halogens is 1. The van der Waals surface area contributed by atoms with Crippen LogP contribution >= 0.6 is 0 Å². The van der Waals surface area contributed by atoms with Gasteiger partial charge in [-0.1, -0.05) is 6.07 Å². The maximum Gasteiger partial charge on any atom is 0.210 e. The second-order valence-electron chi connectivity index (χ2n) is 7.72. The molecule has 1 aliphatic heterocycles. The number of benzene rings is 1. The van der Waals surface area contributed by atoms with Crippen LogP contribution in [0.3, 0.4) is 0 Å². The molecule has 1 aliphatic carbocycles. The fraction of sp³-hybridized carbons (Fsp3) is 0.273. The molecule has 1 fully saturated rings. The van der Waals surface area contributed by atoms with Crippen molar-refractivity contribution >= 4 is 11.6 Å². The van der Waals surface area contributed by atoms with E-state index in [0.717, 1.165) is 28.1 Å². The molecule has 4 heterocycles. The van der Waals surface area contributed by atoms with Crippen LogP contribution in [-0.4, -0.2) is 31.2 Å². The van der Waals surface area contributed by atoms with E-state index in [4.69, 9.17) is 4.74 Å². The van der Waals surface area contributed by atoms with Crippen molar-refractivity contribution in [3.8, 4) is 16.9 Å². The van der Waals surface area contributed by atoms with Crippen molar-refractivity contribution in [3.05, 3.63) is 65.6 Å². The minimum absolute atomic E-state index is 0.245. The number of fused-ring (bicyclic) bond motifs is 2. The van der Waals surface area contributed by atoms with Crippen molar-refractivity contribution in [2.75, 3.05) is 11.9 Å². The fourth-order valence-corrected chi connectivity index (χ4v) is 4.01. The van der Waals surface area contributed by atoms with Crippen molar-refractivity contribution in [2.24, 2.45) is 0 Å². The highest BCUT2D eigenvalue weighted by Gasteiger charge is 2.25. The largest absolute Gasteiger partial charge is 0.493 e. The summed E-state index contributed by atoms with van der Waals surface area (Å²) in [6.07, 6.45) is 8.39. The first-order valence-electron chi connectivity index (χ1n) is 10.1. The van der Waals surface area contributed by atoms with Gasteiger partial charge in [0, 0.05) is 59.2 Å². The summed E-state index contributed by atoms with van der Waals surface area (Å²) in [7, 11) is 0. The summed E-state index contributed by atoms with van der Waals surface area (Å²) in [4.78, 5) is 9.15. The van der Waals surface area contributed by atoms with Crippen molar-refractivity contribution in [1.29, 1.82) is 0 Å². The standard InChI is InChI=1S/C22H19FN6O/c23-18-4-6-20-15(7-8-30-20)17(18)11-26-22-25-10-16(21-28-27-12-29(21)22)14-3-5-19(24-9-14)13-1-2-13/h3-6,9-10,12-13H,1-2,7-8,11H2,(H,25,26). The van der Waals surface area contributed by atoms with Gasteiger partial charge in [-0.25, -0.2) is 9.37 Å². The fourth-order valence-electron chi connectivity index (χ4n) is 4.01. The quantitative estimate of drug-likeness (QED) is 0.548. The van der Waals surface area contributed by atoms with Gasteiger partial charge in [0.25, 0.3) is 0 Å². The maximum atomic E-state index is 14.4. The minimum Gasteiger partial charge on any atom is -0.493 e. The normalized spacial score (nSPS) is 15.2. The second-order valence-corrected chi connectivity index (χ2v) is 7.72. The van der Waals surface area contributed by atoms with E-state index >= 15 is 0 Å². The zero-order chi connectivity index (χ0) is 20.1. The van der Waals surface area contributed by atoms with Gasteiger partial charge >= 0.3 is 0 Å². The van der Waals surface area contributed by atoms with E-state index in [0.29, 0.717) is 42.6 Å². The first-order chi connectivity index (χ1) is 14.8. The molecular weight excluding hydrogens is 383 g/mol. The Labute approximate surface area is 172 Å². The molecule has 1 aromatic carbocycles. The molecule has 150 valence electrons. The number of aromatic nitrogens is 5. The number of ether oxygens (including phenoxy) is 1. The lowest BCUT2D eigenvalue weighted by molar-refractivity contribution is 0.356. The number of anilines is 1. The highest BCUT2D eigenvalue weighted by atomic mass is 19.1. The Hall–Kier alpha value is -3.55. The lowest BCUT2D eigenvalue weighted by Crippen LogP contribution is -2.09. The van der Waals surface area contributed by atoms with Gasteiger partial charge in [0.2, 0.25) is 5.95 Å². The molecule has 0 saturated heterocycles. The molecule has 0 bridgehead atoms. The minimum atomic E-state index is -0.245. The van der Waals surface area contributed by atoms with Crippen LogP contribution < -0.4 is 10.1 Å². The van der Waals surface area contributed by atoms with Crippen LogP contribution in [0, 0.1) is 5.82 Å². The van der Waals surface area contributed by atoms with Gasteiger partial charge in [-0.05, 0) is 31.0 Å². The number of hydrogen-bond acceptors (Lipinski definition) is 6. The molecule has 2 aliphatic rings. The first-order valence-corrected chi connectivity index (χ1v) is 10.1. The Kier molecular flexibility index (Phi) is 3.90. The Balaban J connectivity index is 1.31. The number of hydrogen-bond donors (Lipinski definition) is 1. The summed E-state index contributed by atoms with van der Waals surface area (Å²) in [5.41, 5.74) is 5.14. The van der Waals surface area contributed by atoms with Gasteiger partial charge in [0.15, 0.2) is 5.65 Å². The first kappa shape index (κ1) is 17.3. The zero-order valence-corrected chi connectivity index (χ0v) is 16.2.